The van der Waals surface area contributed by atoms with Crippen molar-refractivity contribution >= 4 is 34.9 Å². The summed E-state index contributed by atoms with van der Waals surface area (Å²) >= 11 is 0. The van der Waals surface area contributed by atoms with Crippen LogP contribution in [0, 0.1) is 53.8 Å². The molecule has 4 heterocycles. The quantitative estimate of drug-likeness (QED) is 0.162. The van der Waals surface area contributed by atoms with E-state index < -0.39 is 5.92 Å². The van der Waals surface area contributed by atoms with Gasteiger partial charge in [0.25, 0.3) is 0 Å². The summed E-state index contributed by atoms with van der Waals surface area (Å²) in [5.74, 6) is 1.06. The second-order valence-corrected chi connectivity index (χ2v) is 18.2. The Bertz CT molecular complexity index is 2030. The first-order chi connectivity index (χ1) is 27.6. The van der Waals surface area contributed by atoms with Crippen LogP contribution in [0.5, 0.6) is 5.75 Å². The predicted molar refractivity (Wildman–Crippen MR) is 222 cm³/mol. The number of carbonyl (C=O) groups excluding carboxylic acids is 4. The van der Waals surface area contributed by atoms with Gasteiger partial charge in [0, 0.05) is 93.1 Å². The third-order valence-electron chi connectivity index (χ3n) is 13.5. The summed E-state index contributed by atoms with van der Waals surface area (Å²) in [4.78, 5) is 65.9. The molecule has 2 amide bonds. The van der Waals surface area contributed by atoms with Crippen LogP contribution in [-0.2, 0) is 9.59 Å². The number of carbonyl (C=O) groups is 4. The lowest BCUT2D eigenvalue weighted by atomic mass is 9.44. The number of nitriles is 1. The lowest BCUT2D eigenvalue weighted by Gasteiger charge is -2.63. The van der Waals surface area contributed by atoms with E-state index in [0.717, 1.165) is 86.9 Å². The number of nitrogens with one attached hydrogen (secondary N) is 1. The Morgan fingerprint density at radius 3 is 2.09 bits per heavy atom. The van der Waals surface area contributed by atoms with E-state index in [1.807, 2.05) is 38.1 Å². The number of piperidine rings is 2. The van der Waals surface area contributed by atoms with Crippen molar-refractivity contribution in [3.63, 3.8) is 0 Å². The number of rotatable bonds is 12. The maximum atomic E-state index is 13.7. The van der Waals surface area contributed by atoms with Crippen molar-refractivity contribution in [3.8, 4) is 11.8 Å². The van der Waals surface area contributed by atoms with Crippen LogP contribution >= 0.6 is 0 Å². The zero-order valence-electron chi connectivity index (χ0n) is 34.8. The van der Waals surface area contributed by atoms with Crippen molar-refractivity contribution in [2.24, 2.45) is 28.6 Å². The molecule has 3 saturated heterocycles. The highest BCUT2D eigenvalue weighted by Crippen LogP contribution is 2.61. The zero-order chi connectivity index (χ0) is 41.4. The molecule has 306 valence electrons. The van der Waals surface area contributed by atoms with Crippen LogP contribution in [0.4, 0.5) is 11.5 Å². The molecule has 3 aliphatic heterocycles. The normalized spacial score (nSPS) is 23.4. The van der Waals surface area contributed by atoms with Crippen LogP contribution in [0.1, 0.15) is 104 Å². The number of benzene rings is 2. The summed E-state index contributed by atoms with van der Waals surface area (Å²) in [5, 5.41) is 11.8. The van der Waals surface area contributed by atoms with E-state index in [4.69, 9.17) is 4.74 Å². The summed E-state index contributed by atoms with van der Waals surface area (Å²) in [6.45, 7) is 19.3. The molecule has 1 aromatic heterocycles. The molecule has 1 N–H and O–H groups in total. The number of Topliss-reactive ketones (excluding diaryl/α,β-unsaturated/α-hetero) is 2. The van der Waals surface area contributed by atoms with Crippen molar-refractivity contribution in [1.29, 1.82) is 5.26 Å². The van der Waals surface area contributed by atoms with Gasteiger partial charge in [0.2, 0.25) is 11.8 Å². The molecular formula is C46H57N7O5. The molecule has 2 aromatic carbocycles. The van der Waals surface area contributed by atoms with E-state index in [-0.39, 0.29) is 64.8 Å². The Morgan fingerprint density at radius 1 is 0.845 bits per heavy atom. The minimum atomic E-state index is -0.506. The smallest absolute Gasteiger partial charge is 0.230 e. The van der Waals surface area contributed by atoms with Crippen LogP contribution in [0.15, 0.2) is 48.8 Å². The zero-order valence-corrected chi connectivity index (χ0v) is 34.8. The van der Waals surface area contributed by atoms with Crippen molar-refractivity contribution < 1.29 is 23.9 Å². The number of hydrogen-bond donors (Lipinski definition) is 1. The van der Waals surface area contributed by atoms with Crippen molar-refractivity contribution in [1.82, 2.24) is 20.2 Å². The molecule has 12 nitrogen and oxygen atoms in total. The number of ether oxygens (including phenoxy) is 1. The van der Waals surface area contributed by atoms with Gasteiger partial charge < -0.3 is 14.5 Å². The molecule has 58 heavy (non-hydrogen) atoms. The fraction of sp³-hybridized carbons (Fsp3) is 0.543. The van der Waals surface area contributed by atoms with Crippen LogP contribution in [-0.4, -0.2) is 90.2 Å². The molecule has 4 aliphatic rings. The average molecular weight is 788 g/mol. The maximum Gasteiger partial charge on any atom is 0.230 e. The van der Waals surface area contributed by atoms with Crippen molar-refractivity contribution in [3.05, 3.63) is 76.7 Å². The van der Waals surface area contributed by atoms with Crippen LogP contribution in [0.2, 0.25) is 0 Å². The minimum absolute atomic E-state index is 0.0254. The summed E-state index contributed by atoms with van der Waals surface area (Å²) in [6, 6.07) is 14.4. The Balaban J connectivity index is 0.837. The molecule has 0 bridgehead atoms. The van der Waals surface area contributed by atoms with Crippen LogP contribution in [0.25, 0.3) is 0 Å². The number of imide groups is 1. The first-order valence-electron chi connectivity index (χ1n) is 20.9. The lowest BCUT2D eigenvalue weighted by molar-refractivity contribution is -0.196. The Morgan fingerprint density at radius 2 is 1.50 bits per heavy atom. The number of hydrogen-bond acceptors (Lipinski definition) is 11. The Kier molecular flexibility index (Phi) is 11.7. The average Bonchev–Trinajstić information content (AvgIpc) is 3.20. The number of ketones is 2. The molecule has 3 aromatic rings. The van der Waals surface area contributed by atoms with Gasteiger partial charge >= 0.3 is 0 Å². The number of piperazine rings is 1. The summed E-state index contributed by atoms with van der Waals surface area (Å²) in [6.07, 6.45) is 6.46. The minimum Gasteiger partial charge on any atom is -0.489 e. The van der Waals surface area contributed by atoms with E-state index in [2.05, 4.69) is 75.9 Å². The monoisotopic (exact) mass is 787 g/mol. The Hall–Kier alpha value is -5.15. The second kappa shape index (κ2) is 16.6. The van der Waals surface area contributed by atoms with E-state index >= 15 is 0 Å². The fourth-order valence-corrected chi connectivity index (χ4v) is 10.3. The van der Waals surface area contributed by atoms with E-state index in [0.29, 0.717) is 24.3 Å². The van der Waals surface area contributed by atoms with Gasteiger partial charge in [-0.1, -0.05) is 27.7 Å². The molecule has 12 heteroatoms. The van der Waals surface area contributed by atoms with Gasteiger partial charge in [-0.25, -0.2) is 9.97 Å². The summed E-state index contributed by atoms with van der Waals surface area (Å²) in [5.41, 5.74) is 4.30. The SMILES string of the molecule is Cc1cc(OC2C(C)(C)C(CC(=O)c3ccc(N4CCC(CN5CCN(c6cnc(C(=O)C[C@H]7CCC(=O)NC7=O)cn6)CC5)CC4)cc3)C2(C)C)cc(C)c1C#N. The number of amides is 2. The first kappa shape index (κ1) is 41.0. The van der Waals surface area contributed by atoms with E-state index in [1.165, 1.54) is 11.9 Å². The van der Waals surface area contributed by atoms with Gasteiger partial charge in [0.05, 0.1) is 24.0 Å². The number of aryl methyl sites for hydroxylation is 2. The molecule has 0 spiro atoms. The fourth-order valence-electron chi connectivity index (χ4n) is 10.3. The van der Waals surface area contributed by atoms with Gasteiger partial charge in [0.1, 0.15) is 23.4 Å². The molecule has 4 fully saturated rings. The Labute approximate surface area is 342 Å². The highest BCUT2D eigenvalue weighted by atomic mass is 16.5. The van der Waals surface area contributed by atoms with Crippen molar-refractivity contribution in [2.75, 3.05) is 55.6 Å². The van der Waals surface area contributed by atoms with Crippen LogP contribution in [0.3, 0.4) is 0 Å². The van der Waals surface area contributed by atoms with E-state index in [9.17, 15) is 24.4 Å². The summed E-state index contributed by atoms with van der Waals surface area (Å²) in [7, 11) is 0. The molecule has 0 unspecified atom stereocenters. The lowest BCUT2D eigenvalue weighted by Crippen LogP contribution is -2.66. The van der Waals surface area contributed by atoms with Gasteiger partial charge in [0.15, 0.2) is 11.6 Å². The van der Waals surface area contributed by atoms with Crippen molar-refractivity contribution in [2.45, 2.75) is 86.2 Å². The molecule has 1 saturated carbocycles. The predicted octanol–water partition coefficient (Wildman–Crippen LogP) is 6.33. The molecule has 1 aliphatic carbocycles. The molecule has 0 radical (unpaired) electrons. The number of nitrogens with zero attached hydrogens (tertiary/aromatic N) is 6. The third-order valence-corrected chi connectivity index (χ3v) is 13.5. The highest BCUT2D eigenvalue weighted by molar-refractivity contribution is 6.02. The largest absolute Gasteiger partial charge is 0.489 e. The van der Waals surface area contributed by atoms with Gasteiger partial charge in [-0.3, -0.25) is 29.4 Å². The van der Waals surface area contributed by atoms with E-state index in [1.54, 1.807) is 6.20 Å². The third kappa shape index (κ3) is 8.51. The highest BCUT2D eigenvalue weighted by Gasteiger charge is 2.63. The molecule has 1 atom stereocenters. The van der Waals surface area contributed by atoms with Gasteiger partial charge in [-0.05, 0) is 92.5 Å². The first-order valence-corrected chi connectivity index (χ1v) is 20.9. The molecule has 7 rings (SSSR count). The van der Waals surface area contributed by atoms with Gasteiger partial charge in [-0.2, -0.15) is 5.26 Å². The maximum absolute atomic E-state index is 13.7. The summed E-state index contributed by atoms with van der Waals surface area (Å²) < 4.78 is 6.59. The molecular weight excluding hydrogens is 731 g/mol. The topological polar surface area (TPSA) is 149 Å². The second-order valence-electron chi connectivity index (χ2n) is 18.2. The van der Waals surface area contributed by atoms with Gasteiger partial charge in [-0.15, -0.1) is 0 Å². The number of anilines is 2. The number of aromatic nitrogens is 2. The standard InChI is InChI=1S/C46H57N7O5/c1-29-21-35(22-30(2)36(29)25-47)58-44-45(3,4)40(46(44,5)6)24-38(54)32-7-10-34(11-8-32)52-15-13-31(14-16-52)28-51-17-19-53(20-18-51)41-27-48-37(26-49-41)39(55)23-33-9-12-42(56)50-43(33)57/h7-8,10-11,21-22,26-27,31,33,40,44H,9,12-20,23-24,28H2,1-6H3,(H,50,56,57)/t33-,40?,44?/m1/s1. The van der Waals surface area contributed by atoms with Crippen LogP contribution < -0.4 is 19.9 Å².